The summed E-state index contributed by atoms with van der Waals surface area (Å²) in [5.41, 5.74) is 7.54. The molecule has 2 heterocycles. The summed E-state index contributed by atoms with van der Waals surface area (Å²) in [6.07, 6.45) is 4.09. The third-order valence-electron chi connectivity index (χ3n) is 3.95. The number of anilines is 1. The van der Waals surface area contributed by atoms with E-state index in [4.69, 9.17) is 18.0 Å². The Morgan fingerprint density at radius 2 is 2.21 bits per heavy atom. The van der Waals surface area contributed by atoms with Gasteiger partial charge >= 0.3 is 0 Å². The molecule has 1 fully saturated rings. The Morgan fingerprint density at radius 1 is 1.53 bits per heavy atom. The molecule has 0 saturated carbocycles. The Kier molecular flexibility index (Phi) is 4.71. The second-order valence-electron chi connectivity index (χ2n) is 5.01. The van der Waals surface area contributed by atoms with E-state index in [9.17, 15) is 0 Å². The smallest absolute Gasteiger partial charge is 0.124 e. The van der Waals surface area contributed by atoms with E-state index >= 15 is 0 Å². The van der Waals surface area contributed by atoms with Crippen molar-refractivity contribution in [3.63, 3.8) is 0 Å². The zero-order chi connectivity index (χ0) is 13.8. The predicted molar refractivity (Wildman–Crippen MR) is 83.7 cm³/mol. The number of piperidine rings is 1. The van der Waals surface area contributed by atoms with Crippen molar-refractivity contribution in [2.75, 3.05) is 31.6 Å². The molecule has 19 heavy (non-hydrogen) atoms. The van der Waals surface area contributed by atoms with Crippen molar-refractivity contribution in [1.29, 1.82) is 0 Å². The zero-order valence-corrected chi connectivity index (χ0v) is 12.5. The van der Waals surface area contributed by atoms with Gasteiger partial charge in [0, 0.05) is 32.4 Å². The van der Waals surface area contributed by atoms with Gasteiger partial charge in [0.25, 0.3) is 0 Å². The van der Waals surface area contributed by atoms with Crippen molar-refractivity contribution in [2.24, 2.45) is 5.73 Å². The normalized spacial score (nSPS) is 17.4. The van der Waals surface area contributed by atoms with Crippen LogP contribution >= 0.6 is 12.2 Å². The van der Waals surface area contributed by atoms with Crippen molar-refractivity contribution in [3.8, 4) is 0 Å². The molecule has 2 rings (SSSR count). The first-order valence-corrected chi connectivity index (χ1v) is 7.24. The lowest BCUT2D eigenvalue weighted by molar-refractivity contribution is 0.221. The van der Waals surface area contributed by atoms with Gasteiger partial charge < -0.3 is 15.5 Å². The van der Waals surface area contributed by atoms with E-state index in [0.29, 0.717) is 11.0 Å². The number of nitrogens with two attached hydrogens (primary N) is 1. The van der Waals surface area contributed by atoms with E-state index < -0.39 is 0 Å². The van der Waals surface area contributed by atoms with Crippen LogP contribution in [-0.2, 0) is 0 Å². The molecule has 0 atom stereocenters. The molecule has 1 aliphatic heterocycles. The van der Waals surface area contributed by atoms with Crippen LogP contribution in [0.2, 0.25) is 0 Å². The molecule has 1 aromatic heterocycles. The van der Waals surface area contributed by atoms with Gasteiger partial charge in [0.05, 0.1) is 5.69 Å². The Balaban J connectivity index is 2.12. The quantitative estimate of drug-likeness (QED) is 0.848. The molecule has 104 valence electrons. The molecular formula is C14H22N4S. The van der Waals surface area contributed by atoms with Crippen LogP contribution < -0.4 is 10.6 Å². The molecule has 0 unspecified atom stereocenters. The number of nitrogens with zero attached hydrogens (tertiary/aromatic N) is 3. The second-order valence-corrected chi connectivity index (χ2v) is 5.45. The highest BCUT2D eigenvalue weighted by Gasteiger charge is 2.23. The fourth-order valence-corrected chi connectivity index (χ4v) is 2.85. The summed E-state index contributed by atoms with van der Waals surface area (Å²) in [5, 5.41) is 0. The highest BCUT2D eigenvalue weighted by molar-refractivity contribution is 7.80. The lowest BCUT2D eigenvalue weighted by Crippen LogP contribution is -2.43. The van der Waals surface area contributed by atoms with Crippen LogP contribution in [0.3, 0.4) is 0 Å². The number of pyridine rings is 1. The first kappa shape index (κ1) is 14.2. The van der Waals surface area contributed by atoms with E-state index in [0.717, 1.165) is 31.0 Å². The van der Waals surface area contributed by atoms with Gasteiger partial charge in [-0.25, -0.2) is 0 Å². The number of aromatic nitrogens is 1. The summed E-state index contributed by atoms with van der Waals surface area (Å²) in [6, 6.07) is 4.53. The van der Waals surface area contributed by atoms with Gasteiger partial charge in [-0.05, 0) is 31.5 Å². The van der Waals surface area contributed by atoms with Crippen molar-refractivity contribution >= 4 is 22.9 Å². The molecule has 0 bridgehead atoms. The summed E-state index contributed by atoms with van der Waals surface area (Å²) >= 11 is 5.09. The summed E-state index contributed by atoms with van der Waals surface area (Å²) in [5.74, 6) is 0. The van der Waals surface area contributed by atoms with Gasteiger partial charge in [0.1, 0.15) is 10.7 Å². The molecule has 1 saturated heterocycles. The van der Waals surface area contributed by atoms with Crippen molar-refractivity contribution in [2.45, 2.75) is 25.8 Å². The van der Waals surface area contributed by atoms with Crippen LogP contribution in [-0.4, -0.2) is 47.6 Å². The van der Waals surface area contributed by atoms with Crippen molar-refractivity contribution in [1.82, 2.24) is 9.88 Å². The minimum absolute atomic E-state index is 0.369. The van der Waals surface area contributed by atoms with Gasteiger partial charge in [-0.3, -0.25) is 4.98 Å². The summed E-state index contributed by atoms with van der Waals surface area (Å²) in [7, 11) is 2.12. The predicted octanol–water partition coefficient (Wildman–Crippen LogP) is 1.64. The first-order chi connectivity index (χ1) is 9.13. The van der Waals surface area contributed by atoms with Crippen molar-refractivity contribution in [3.05, 3.63) is 24.0 Å². The molecule has 5 heteroatoms. The van der Waals surface area contributed by atoms with Crippen LogP contribution in [0.4, 0.5) is 5.69 Å². The lowest BCUT2D eigenvalue weighted by atomic mass is 10.0. The molecule has 0 aliphatic carbocycles. The SMILES string of the molecule is CCN1CCC(N(C)c2cccnc2C(N)=S)CC1. The van der Waals surface area contributed by atoms with Crippen LogP contribution in [0.1, 0.15) is 25.5 Å². The highest BCUT2D eigenvalue weighted by Crippen LogP contribution is 2.24. The van der Waals surface area contributed by atoms with E-state index in [2.05, 4.69) is 28.8 Å². The van der Waals surface area contributed by atoms with Gasteiger partial charge in [-0.1, -0.05) is 19.1 Å². The molecular weight excluding hydrogens is 256 g/mol. The molecule has 1 aliphatic rings. The second kappa shape index (κ2) is 6.30. The van der Waals surface area contributed by atoms with E-state index in [1.54, 1.807) is 6.20 Å². The average molecular weight is 278 g/mol. The van der Waals surface area contributed by atoms with Gasteiger partial charge in [0.2, 0.25) is 0 Å². The third-order valence-corrected chi connectivity index (χ3v) is 4.15. The number of hydrogen-bond acceptors (Lipinski definition) is 4. The molecule has 0 amide bonds. The maximum atomic E-state index is 5.76. The number of thiocarbonyl (C=S) groups is 1. The Labute approximate surface area is 120 Å². The van der Waals surface area contributed by atoms with Gasteiger partial charge in [-0.15, -0.1) is 0 Å². The maximum absolute atomic E-state index is 5.76. The third kappa shape index (κ3) is 3.22. The molecule has 2 N–H and O–H groups in total. The van der Waals surface area contributed by atoms with Gasteiger partial charge in [-0.2, -0.15) is 0 Å². The van der Waals surface area contributed by atoms with E-state index in [1.807, 2.05) is 12.1 Å². The van der Waals surface area contributed by atoms with Gasteiger partial charge in [0.15, 0.2) is 0 Å². The fraction of sp³-hybridized carbons (Fsp3) is 0.571. The average Bonchev–Trinajstić information content (AvgIpc) is 2.46. The van der Waals surface area contributed by atoms with Crippen LogP contribution in [0.5, 0.6) is 0 Å². The first-order valence-electron chi connectivity index (χ1n) is 6.83. The van der Waals surface area contributed by atoms with Crippen LogP contribution in [0.15, 0.2) is 18.3 Å². The monoisotopic (exact) mass is 278 g/mol. The van der Waals surface area contributed by atoms with Crippen molar-refractivity contribution < 1.29 is 0 Å². The molecule has 4 nitrogen and oxygen atoms in total. The van der Waals surface area contributed by atoms with Crippen LogP contribution in [0.25, 0.3) is 0 Å². The standard InChI is InChI=1S/C14H22N4S/c1-3-18-9-6-11(7-10-18)17(2)12-5-4-8-16-13(12)14(15)19/h4-5,8,11H,3,6-7,9-10H2,1-2H3,(H2,15,19). The summed E-state index contributed by atoms with van der Waals surface area (Å²) < 4.78 is 0. The summed E-state index contributed by atoms with van der Waals surface area (Å²) in [6.45, 7) is 5.68. The molecule has 1 aromatic rings. The molecule has 0 radical (unpaired) electrons. The Morgan fingerprint density at radius 3 is 2.79 bits per heavy atom. The summed E-state index contributed by atoms with van der Waals surface area (Å²) in [4.78, 5) is 9.45. The lowest BCUT2D eigenvalue weighted by Gasteiger charge is -2.37. The number of rotatable bonds is 4. The Hall–Kier alpha value is -1.20. The zero-order valence-electron chi connectivity index (χ0n) is 11.7. The van der Waals surface area contributed by atoms with Crippen LogP contribution in [0, 0.1) is 0 Å². The largest absolute Gasteiger partial charge is 0.388 e. The van der Waals surface area contributed by atoms with E-state index in [-0.39, 0.29) is 0 Å². The number of hydrogen-bond donors (Lipinski definition) is 1. The molecule has 0 spiro atoms. The van der Waals surface area contributed by atoms with E-state index in [1.165, 1.54) is 12.8 Å². The topological polar surface area (TPSA) is 45.4 Å². The minimum Gasteiger partial charge on any atom is -0.388 e. The minimum atomic E-state index is 0.369. The number of likely N-dealkylation sites (tertiary alicyclic amines) is 1. The fourth-order valence-electron chi connectivity index (χ4n) is 2.69. The Bertz CT molecular complexity index is 441. The molecule has 0 aromatic carbocycles. The maximum Gasteiger partial charge on any atom is 0.124 e. The highest BCUT2D eigenvalue weighted by atomic mass is 32.1.